The van der Waals surface area contributed by atoms with Crippen molar-refractivity contribution in [2.45, 2.75) is 25.8 Å². The van der Waals surface area contributed by atoms with Gasteiger partial charge in [-0.3, -0.25) is 0 Å². The van der Waals surface area contributed by atoms with Gasteiger partial charge in [-0.25, -0.2) is 0 Å². The van der Waals surface area contributed by atoms with E-state index >= 15 is 0 Å². The van der Waals surface area contributed by atoms with Crippen molar-refractivity contribution in [1.82, 2.24) is 15.5 Å². The molecule has 112 valence electrons. The molecule has 3 rings (SSSR count). The molecule has 1 aromatic carbocycles. The summed E-state index contributed by atoms with van der Waals surface area (Å²) < 4.78 is 12.1. The predicted molar refractivity (Wildman–Crippen MR) is 83.3 cm³/mol. The van der Waals surface area contributed by atoms with Gasteiger partial charge in [0.1, 0.15) is 0 Å². The Kier molecular flexibility index (Phi) is 4.10. The number of benzene rings is 1. The van der Waals surface area contributed by atoms with Gasteiger partial charge in [0.2, 0.25) is 11.7 Å². The molecular weight excluding hydrogens is 334 g/mol. The van der Waals surface area contributed by atoms with Crippen LogP contribution < -0.4 is 5.32 Å². The van der Waals surface area contributed by atoms with Crippen LogP contribution in [0.3, 0.4) is 0 Å². The van der Waals surface area contributed by atoms with Gasteiger partial charge in [0.15, 0.2) is 0 Å². The van der Waals surface area contributed by atoms with E-state index in [9.17, 15) is 0 Å². The minimum Gasteiger partial charge on any atom is -0.379 e. The number of nitrogens with one attached hydrogen (secondary N) is 1. The Morgan fingerprint density at radius 2 is 1.95 bits per heavy atom. The van der Waals surface area contributed by atoms with E-state index in [4.69, 9.17) is 9.26 Å². The number of aromatic nitrogens is 2. The Balaban J connectivity index is 1.91. The molecule has 2 aromatic rings. The minimum absolute atomic E-state index is 0.119. The quantitative estimate of drug-likeness (QED) is 0.921. The fourth-order valence-corrected chi connectivity index (χ4v) is 2.89. The summed E-state index contributed by atoms with van der Waals surface area (Å²) in [6.07, 6.45) is 0. The van der Waals surface area contributed by atoms with Crippen LogP contribution in [0.25, 0.3) is 11.4 Å². The van der Waals surface area contributed by atoms with Crippen LogP contribution in [0.15, 0.2) is 21.1 Å². The first-order valence-electron chi connectivity index (χ1n) is 6.96. The summed E-state index contributed by atoms with van der Waals surface area (Å²) in [5.41, 5.74) is 3.30. The van der Waals surface area contributed by atoms with Crippen molar-refractivity contribution in [2.75, 3.05) is 20.3 Å². The lowest BCUT2D eigenvalue weighted by atomic mass is 10.0. The molecule has 0 bridgehead atoms. The van der Waals surface area contributed by atoms with E-state index in [-0.39, 0.29) is 12.0 Å². The highest BCUT2D eigenvalue weighted by Gasteiger charge is 2.33. The van der Waals surface area contributed by atoms with Crippen molar-refractivity contribution in [3.63, 3.8) is 0 Å². The molecule has 1 fully saturated rings. The molecule has 0 aliphatic carbocycles. The fourth-order valence-electron chi connectivity index (χ4n) is 2.66. The molecule has 21 heavy (non-hydrogen) atoms. The second kappa shape index (κ2) is 5.87. The maximum absolute atomic E-state index is 5.49. The molecule has 1 aliphatic rings. The summed E-state index contributed by atoms with van der Waals surface area (Å²) in [6.45, 7) is 5.41. The summed E-state index contributed by atoms with van der Waals surface area (Å²) in [5, 5.41) is 7.36. The average molecular weight is 352 g/mol. The van der Waals surface area contributed by atoms with Gasteiger partial charge in [-0.1, -0.05) is 21.1 Å². The first kappa shape index (κ1) is 14.7. The summed E-state index contributed by atoms with van der Waals surface area (Å²) in [5.74, 6) is 1.39. The van der Waals surface area contributed by atoms with Crippen molar-refractivity contribution in [2.24, 2.45) is 0 Å². The Morgan fingerprint density at radius 1 is 1.24 bits per heavy atom. The standard InChI is InChI=1S/C15H18BrN3O2/c1-8-4-10(5-9(2)13(8)16)14-18-15(21-19-14)11-6-20-7-12(11)17-3/h4-5,11-12,17H,6-7H2,1-3H3. The number of hydrogen-bond donors (Lipinski definition) is 1. The fraction of sp³-hybridized carbons (Fsp3) is 0.467. The van der Waals surface area contributed by atoms with Crippen LogP contribution in [0.5, 0.6) is 0 Å². The zero-order valence-corrected chi connectivity index (χ0v) is 13.9. The van der Waals surface area contributed by atoms with Crippen LogP contribution in [0.2, 0.25) is 0 Å². The maximum Gasteiger partial charge on any atom is 0.234 e. The molecule has 1 N–H and O–H groups in total. The molecule has 1 aromatic heterocycles. The first-order chi connectivity index (χ1) is 10.1. The minimum atomic E-state index is 0.119. The van der Waals surface area contributed by atoms with Gasteiger partial charge in [0, 0.05) is 16.1 Å². The number of hydrogen-bond acceptors (Lipinski definition) is 5. The summed E-state index contributed by atoms with van der Waals surface area (Å²) in [4.78, 5) is 4.56. The lowest BCUT2D eigenvalue weighted by molar-refractivity contribution is 0.185. The van der Waals surface area contributed by atoms with E-state index in [0.29, 0.717) is 24.9 Å². The van der Waals surface area contributed by atoms with Crippen LogP contribution in [-0.2, 0) is 4.74 Å². The number of aryl methyl sites for hydroxylation is 2. The lowest BCUT2D eigenvalue weighted by Crippen LogP contribution is -2.31. The topological polar surface area (TPSA) is 60.2 Å². The number of rotatable bonds is 3. The van der Waals surface area contributed by atoms with Gasteiger partial charge in [-0.15, -0.1) is 0 Å². The smallest absolute Gasteiger partial charge is 0.234 e. The normalized spacial score (nSPS) is 21.9. The van der Waals surface area contributed by atoms with E-state index in [1.165, 1.54) is 0 Å². The molecule has 0 saturated carbocycles. The molecule has 1 saturated heterocycles. The van der Waals surface area contributed by atoms with E-state index in [0.717, 1.165) is 21.2 Å². The summed E-state index contributed by atoms with van der Waals surface area (Å²) in [7, 11) is 1.92. The lowest BCUT2D eigenvalue weighted by Gasteiger charge is -2.11. The molecule has 0 spiro atoms. The van der Waals surface area contributed by atoms with E-state index in [1.807, 2.05) is 7.05 Å². The zero-order chi connectivity index (χ0) is 15.0. The van der Waals surface area contributed by atoms with Crippen LogP contribution in [-0.4, -0.2) is 36.4 Å². The Labute approximate surface area is 132 Å². The van der Waals surface area contributed by atoms with Crippen molar-refractivity contribution in [1.29, 1.82) is 0 Å². The van der Waals surface area contributed by atoms with E-state index < -0.39 is 0 Å². The third-order valence-electron chi connectivity index (χ3n) is 3.90. The Morgan fingerprint density at radius 3 is 2.62 bits per heavy atom. The summed E-state index contributed by atoms with van der Waals surface area (Å²) >= 11 is 3.57. The monoisotopic (exact) mass is 351 g/mol. The third kappa shape index (κ3) is 2.75. The Hall–Kier alpha value is -1.24. The molecule has 0 amide bonds. The molecule has 1 aliphatic heterocycles. The Bertz CT molecular complexity index is 633. The van der Waals surface area contributed by atoms with Crippen LogP contribution in [0.4, 0.5) is 0 Å². The van der Waals surface area contributed by atoms with Crippen LogP contribution in [0, 0.1) is 13.8 Å². The number of nitrogens with zero attached hydrogens (tertiary/aromatic N) is 2. The highest BCUT2D eigenvalue weighted by molar-refractivity contribution is 9.10. The van der Waals surface area contributed by atoms with Crippen LogP contribution in [0.1, 0.15) is 22.9 Å². The van der Waals surface area contributed by atoms with Crippen molar-refractivity contribution >= 4 is 15.9 Å². The van der Waals surface area contributed by atoms with Gasteiger partial charge < -0.3 is 14.6 Å². The van der Waals surface area contributed by atoms with Gasteiger partial charge in [-0.2, -0.15) is 4.98 Å². The molecule has 6 heteroatoms. The van der Waals surface area contributed by atoms with Gasteiger partial charge >= 0.3 is 0 Å². The van der Waals surface area contributed by atoms with Crippen molar-refractivity contribution in [3.05, 3.63) is 33.6 Å². The maximum atomic E-state index is 5.49. The van der Waals surface area contributed by atoms with E-state index in [1.54, 1.807) is 0 Å². The second-order valence-corrected chi connectivity index (χ2v) is 6.21. The number of halogens is 1. The highest BCUT2D eigenvalue weighted by Crippen LogP contribution is 2.29. The summed E-state index contributed by atoms with van der Waals surface area (Å²) in [6, 6.07) is 4.35. The van der Waals surface area contributed by atoms with Gasteiger partial charge in [-0.05, 0) is 44.2 Å². The SMILES string of the molecule is CNC1COCC1c1nc(-c2cc(C)c(Br)c(C)c2)no1. The van der Waals surface area contributed by atoms with Gasteiger partial charge in [0.05, 0.1) is 19.1 Å². The zero-order valence-electron chi connectivity index (χ0n) is 12.3. The van der Waals surface area contributed by atoms with Crippen molar-refractivity contribution < 1.29 is 9.26 Å². The average Bonchev–Trinajstić information content (AvgIpc) is 3.11. The van der Waals surface area contributed by atoms with Crippen molar-refractivity contribution in [3.8, 4) is 11.4 Å². The number of likely N-dealkylation sites (N-methyl/N-ethyl adjacent to an activating group) is 1. The predicted octanol–water partition coefficient (Wildman–Crippen LogP) is 2.82. The molecule has 2 unspecified atom stereocenters. The number of ether oxygens (including phenoxy) is 1. The van der Waals surface area contributed by atoms with Crippen LogP contribution >= 0.6 is 15.9 Å². The molecule has 2 atom stereocenters. The highest BCUT2D eigenvalue weighted by atomic mass is 79.9. The van der Waals surface area contributed by atoms with E-state index in [2.05, 4.69) is 57.4 Å². The van der Waals surface area contributed by atoms with Gasteiger partial charge in [0.25, 0.3) is 0 Å². The largest absolute Gasteiger partial charge is 0.379 e. The molecule has 0 radical (unpaired) electrons. The molecular formula is C15H18BrN3O2. The second-order valence-electron chi connectivity index (χ2n) is 5.42. The first-order valence-corrected chi connectivity index (χ1v) is 7.75. The molecule has 2 heterocycles. The third-order valence-corrected chi connectivity index (χ3v) is 5.16. The molecule has 5 nitrogen and oxygen atoms in total.